The van der Waals surface area contributed by atoms with Gasteiger partial charge in [-0.05, 0) is 25.1 Å². The van der Waals surface area contributed by atoms with Crippen molar-refractivity contribution in [2.75, 3.05) is 5.32 Å². The van der Waals surface area contributed by atoms with Crippen LogP contribution in [0.25, 0.3) is 11.3 Å². The number of hydrogen-bond acceptors (Lipinski definition) is 4. The van der Waals surface area contributed by atoms with Crippen molar-refractivity contribution < 1.29 is 9.59 Å². The number of rotatable bonds is 3. The van der Waals surface area contributed by atoms with Crippen molar-refractivity contribution in [2.24, 2.45) is 0 Å². The molecule has 1 aliphatic carbocycles. The van der Waals surface area contributed by atoms with Gasteiger partial charge in [-0.25, -0.2) is 0 Å². The minimum Gasteiger partial charge on any atom is -0.326 e. The Morgan fingerprint density at radius 3 is 2.60 bits per heavy atom. The highest BCUT2D eigenvalue weighted by atomic mass is 32.2. The molecule has 6 heteroatoms. The predicted molar refractivity (Wildman–Crippen MR) is 97.1 cm³/mol. The molecule has 0 atom stereocenters. The molecule has 0 unspecified atom stereocenters. The third kappa shape index (κ3) is 2.64. The lowest BCUT2D eigenvalue weighted by Gasteiger charge is -2.07. The lowest BCUT2D eigenvalue weighted by Crippen LogP contribution is -2.10. The van der Waals surface area contributed by atoms with Gasteiger partial charge < -0.3 is 5.32 Å². The van der Waals surface area contributed by atoms with Crippen LogP contribution in [0.5, 0.6) is 0 Å². The van der Waals surface area contributed by atoms with Crippen molar-refractivity contribution in [3.05, 3.63) is 59.2 Å². The number of aromatic amines is 1. The highest BCUT2D eigenvalue weighted by Gasteiger charge is 2.34. The summed E-state index contributed by atoms with van der Waals surface area (Å²) in [5.41, 5.74) is 4.28. The van der Waals surface area contributed by atoms with E-state index in [0.717, 1.165) is 10.5 Å². The zero-order valence-corrected chi connectivity index (χ0v) is 14.5. The molecule has 2 N–H and O–H groups in total. The van der Waals surface area contributed by atoms with Gasteiger partial charge in [-0.1, -0.05) is 41.6 Å². The summed E-state index contributed by atoms with van der Waals surface area (Å²) in [6.45, 7) is 3.46. The van der Waals surface area contributed by atoms with Crippen molar-refractivity contribution in [1.29, 1.82) is 0 Å². The van der Waals surface area contributed by atoms with Crippen LogP contribution in [0.15, 0.2) is 52.4 Å². The molecule has 0 spiro atoms. The number of aromatic nitrogens is 2. The molecule has 2 aromatic carbocycles. The molecule has 124 valence electrons. The molecular formula is C19H15N3O2S. The van der Waals surface area contributed by atoms with Crippen LogP contribution in [0.2, 0.25) is 0 Å². The van der Waals surface area contributed by atoms with E-state index in [1.54, 1.807) is 6.07 Å². The second-order valence-corrected chi connectivity index (χ2v) is 6.99. The van der Waals surface area contributed by atoms with Crippen molar-refractivity contribution in [1.82, 2.24) is 10.2 Å². The largest absolute Gasteiger partial charge is 0.326 e. The fourth-order valence-corrected chi connectivity index (χ4v) is 3.83. The number of amides is 1. The number of hydrogen-bond donors (Lipinski definition) is 2. The first-order chi connectivity index (χ1) is 12.0. The predicted octanol–water partition coefficient (Wildman–Crippen LogP) is 4.04. The van der Waals surface area contributed by atoms with Gasteiger partial charge in [0.15, 0.2) is 0 Å². The van der Waals surface area contributed by atoms with Gasteiger partial charge >= 0.3 is 0 Å². The molecule has 0 radical (unpaired) electrons. The number of nitrogens with one attached hydrogen (secondary N) is 2. The smallest absolute Gasteiger partial charge is 0.221 e. The molecule has 1 aromatic heterocycles. The van der Waals surface area contributed by atoms with Gasteiger partial charge in [-0.15, -0.1) is 0 Å². The average Bonchev–Trinajstić information content (AvgIpc) is 3.10. The van der Waals surface area contributed by atoms with E-state index in [1.165, 1.54) is 24.2 Å². The average molecular weight is 349 g/mol. The number of H-pyrrole nitrogens is 1. The molecular weight excluding hydrogens is 334 g/mol. The fraction of sp³-hybridized carbons (Fsp3) is 0.105. The van der Waals surface area contributed by atoms with Crippen molar-refractivity contribution >= 4 is 29.1 Å². The second-order valence-electron chi connectivity index (χ2n) is 5.93. The standard InChI is InChI=1S/C19H15N3O2S/c1-10-6-8-12(9-7-10)25-19-16-17(21-22-19)13-4-3-5-14(20-11(2)23)15(13)18(16)24/h3-9H,1-2H3,(H,20,23)(H,21,22). The quantitative estimate of drug-likeness (QED) is 0.585. The Labute approximate surface area is 148 Å². The Hall–Kier alpha value is -2.86. The monoisotopic (exact) mass is 349 g/mol. The summed E-state index contributed by atoms with van der Waals surface area (Å²) in [5.74, 6) is -0.318. The van der Waals surface area contributed by atoms with Crippen LogP contribution in [0.3, 0.4) is 0 Å². The highest BCUT2D eigenvalue weighted by Crippen LogP contribution is 2.43. The fourth-order valence-electron chi connectivity index (χ4n) is 2.95. The van der Waals surface area contributed by atoms with Gasteiger partial charge in [0.25, 0.3) is 0 Å². The summed E-state index contributed by atoms with van der Waals surface area (Å²) < 4.78 is 0. The Bertz CT molecular complexity index is 1010. The molecule has 1 amide bonds. The minimum absolute atomic E-state index is 0.113. The molecule has 0 fully saturated rings. The second kappa shape index (κ2) is 5.89. The topological polar surface area (TPSA) is 74.8 Å². The molecule has 0 saturated heterocycles. The Morgan fingerprint density at radius 2 is 1.88 bits per heavy atom. The molecule has 1 aliphatic rings. The summed E-state index contributed by atoms with van der Waals surface area (Å²) in [6.07, 6.45) is 0. The van der Waals surface area contributed by atoms with Gasteiger partial charge in [0.05, 0.1) is 22.5 Å². The number of fused-ring (bicyclic) bond motifs is 3. The summed E-state index contributed by atoms with van der Waals surface area (Å²) >= 11 is 1.45. The molecule has 25 heavy (non-hydrogen) atoms. The minimum atomic E-state index is -0.205. The molecule has 0 aliphatic heterocycles. The van der Waals surface area contributed by atoms with E-state index in [0.29, 0.717) is 27.5 Å². The SMILES string of the molecule is CC(=O)Nc1cccc2c1C(=O)c1c(Sc3ccc(C)cc3)n[nH]c1-2. The van der Waals surface area contributed by atoms with Gasteiger partial charge in [-0.2, -0.15) is 5.10 Å². The number of nitrogens with zero attached hydrogens (tertiary/aromatic N) is 1. The summed E-state index contributed by atoms with van der Waals surface area (Å²) in [7, 11) is 0. The highest BCUT2D eigenvalue weighted by molar-refractivity contribution is 7.99. The first-order valence-electron chi connectivity index (χ1n) is 7.83. The van der Waals surface area contributed by atoms with E-state index < -0.39 is 0 Å². The van der Waals surface area contributed by atoms with Crippen LogP contribution < -0.4 is 5.32 Å². The zero-order chi connectivity index (χ0) is 17.6. The van der Waals surface area contributed by atoms with Gasteiger partial charge in [0, 0.05) is 17.4 Å². The van der Waals surface area contributed by atoms with E-state index in [1.807, 2.05) is 43.3 Å². The third-order valence-corrected chi connectivity index (χ3v) is 5.06. The number of benzene rings is 2. The number of carbonyl (C=O) groups is 2. The summed E-state index contributed by atoms with van der Waals surface area (Å²) in [5, 5.41) is 10.7. The lowest BCUT2D eigenvalue weighted by atomic mass is 10.1. The van der Waals surface area contributed by atoms with Crippen molar-refractivity contribution in [3.8, 4) is 11.3 Å². The number of anilines is 1. The zero-order valence-electron chi connectivity index (χ0n) is 13.7. The van der Waals surface area contributed by atoms with E-state index in [9.17, 15) is 9.59 Å². The van der Waals surface area contributed by atoms with Crippen molar-refractivity contribution in [3.63, 3.8) is 0 Å². The van der Waals surface area contributed by atoms with Crippen LogP contribution in [-0.2, 0) is 4.79 Å². The normalized spacial score (nSPS) is 12.0. The molecule has 0 bridgehead atoms. The van der Waals surface area contributed by atoms with E-state index in [-0.39, 0.29) is 11.7 Å². The van der Waals surface area contributed by atoms with Gasteiger partial charge in [-0.3, -0.25) is 14.7 Å². The van der Waals surface area contributed by atoms with Gasteiger partial charge in [0.2, 0.25) is 11.7 Å². The maximum Gasteiger partial charge on any atom is 0.221 e. The lowest BCUT2D eigenvalue weighted by molar-refractivity contribution is -0.114. The number of aryl methyl sites for hydroxylation is 1. The molecule has 1 heterocycles. The Kier molecular flexibility index (Phi) is 3.69. The van der Waals surface area contributed by atoms with Crippen LogP contribution in [0.1, 0.15) is 28.4 Å². The third-order valence-electron chi connectivity index (χ3n) is 4.07. The van der Waals surface area contributed by atoms with Crippen molar-refractivity contribution in [2.45, 2.75) is 23.8 Å². The van der Waals surface area contributed by atoms with E-state index in [2.05, 4.69) is 15.5 Å². The molecule has 4 rings (SSSR count). The number of carbonyl (C=O) groups excluding carboxylic acids is 2. The van der Waals surface area contributed by atoms with Crippen LogP contribution in [0, 0.1) is 6.92 Å². The van der Waals surface area contributed by atoms with E-state index >= 15 is 0 Å². The van der Waals surface area contributed by atoms with Gasteiger partial charge in [0.1, 0.15) is 5.03 Å². The summed E-state index contributed by atoms with van der Waals surface area (Å²) in [6, 6.07) is 13.5. The van der Waals surface area contributed by atoms with Crippen LogP contribution in [-0.4, -0.2) is 21.9 Å². The van der Waals surface area contributed by atoms with E-state index in [4.69, 9.17) is 0 Å². The Morgan fingerprint density at radius 1 is 1.12 bits per heavy atom. The molecule has 5 nitrogen and oxygen atoms in total. The summed E-state index contributed by atoms with van der Waals surface area (Å²) in [4.78, 5) is 25.4. The molecule has 3 aromatic rings. The van der Waals surface area contributed by atoms with Crippen LogP contribution in [0.4, 0.5) is 5.69 Å². The first kappa shape index (κ1) is 15.7. The Balaban J connectivity index is 1.75. The number of ketones is 1. The molecule has 0 saturated carbocycles. The maximum atomic E-state index is 13.0. The first-order valence-corrected chi connectivity index (χ1v) is 8.65. The van der Waals surface area contributed by atoms with Crippen LogP contribution >= 0.6 is 11.8 Å². The maximum absolute atomic E-state index is 13.0.